The largest absolute Gasteiger partial charge is 0.489 e. The first-order chi connectivity index (χ1) is 10.1. The maximum absolute atomic E-state index is 6.10. The van der Waals surface area contributed by atoms with Crippen molar-refractivity contribution in [2.75, 3.05) is 0 Å². The summed E-state index contributed by atoms with van der Waals surface area (Å²) in [6, 6.07) is 8.30. The molecule has 0 unspecified atom stereocenters. The number of nitrogens with one attached hydrogen (secondary N) is 1. The Kier molecular flexibility index (Phi) is 6.03. The van der Waals surface area contributed by atoms with Crippen molar-refractivity contribution in [2.24, 2.45) is 0 Å². The van der Waals surface area contributed by atoms with Gasteiger partial charge in [0.15, 0.2) is 0 Å². The normalized spacial score (nSPS) is 10.9. The van der Waals surface area contributed by atoms with E-state index < -0.39 is 0 Å². The van der Waals surface area contributed by atoms with Gasteiger partial charge in [0.2, 0.25) is 0 Å². The van der Waals surface area contributed by atoms with Gasteiger partial charge in [-0.25, -0.2) is 0 Å². The van der Waals surface area contributed by atoms with Crippen LogP contribution in [0.2, 0.25) is 5.02 Å². The minimum Gasteiger partial charge on any atom is -0.489 e. The number of hydrogen-bond donors (Lipinski definition) is 1. The zero-order chi connectivity index (χ0) is 15.2. The monoisotopic (exact) mass is 368 g/mol. The highest BCUT2D eigenvalue weighted by atomic mass is 79.9. The van der Waals surface area contributed by atoms with Gasteiger partial charge in [-0.15, -0.1) is 0 Å². The topological polar surface area (TPSA) is 34.1 Å². The van der Waals surface area contributed by atoms with E-state index in [0.717, 1.165) is 27.9 Å². The molecule has 2 aromatic rings. The first kappa shape index (κ1) is 16.3. The molecule has 0 amide bonds. The van der Waals surface area contributed by atoms with Crippen LogP contribution in [0.5, 0.6) is 5.75 Å². The second-order valence-corrected chi connectivity index (χ2v) is 6.37. The van der Waals surface area contributed by atoms with Gasteiger partial charge in [0.1, 0.15) is 12.4 Å². The molecule has 1 aromatic carbocycles. The van der Waals surface area contributed by atoms with Crippen LogP contribution < -0.4 is 10.1 Å². The minimum absolute atomic E-state index is 0.423. The number of pyridine rings is 1. The molecule has 21 heavy (non-hydrogen) atoms. The van der Waals surface area contributed by atoms with Gasteiger partial charge in [0.05, 0.1) is 5.02 Å². The molecule has 0 saturated carbocycles. The summed E-state index contributed by atoms with van der Waals surface area (Å²) in [5.41, 5.74) is 2.04. The molecule has 0 atom stereocenters. The van der Waals surface area contributed by atoms with Crippen molar-refractivity contribution in [1.29, 1.82) is 0 Å². The van der Waals surface area contributed by atoms with Crippen LogP contribution in [0, 0.1) is 0 Å². The molecule has 0 radical (unpaired) electrons. The van der Waals surface area contributed by atoms with Crippen LogP contribution >= 0.6 is 27.5 Å². The molecule has 112 valence electrons. The second kappa shape index (κ2) is 7.78. The molecule has 0 spiro atoms. The number of halogens is 2. The van der Waals surface area contributed by atoms with Crippen LogP contribution in [-0.2, 0) is 13.2 Å². The van der Waals surface area contributed by atoms with Crippen LogP contribution in [-0.4, -0.2) is 11.0 Å². The minimum atomic E-state index is 0.423. The summed E-state index contributed by atoms with van der Waals surface area (Å²) in [4.78, 5) is 3.97. The summed E-state index contributed by atoms with van der Waals surface area (Å²) in [7, 11) is 0. The summed E-state index contributed by atoms with van der Waals surface area (Å²) in [5, 5.41) is 4.02. The van der Waals surface area contributed by atoms with Crippen LogP contribution in [0.1, 0.15) is 25.0 Å². The van der Waals surface area contributed by atoms with Crippen LogP contribution in [0.3, 0.4) is 0 Å². The third-order valence-electron chi connectivity index (χ3n) is 2.96. The fourth-order valence-corrected chi connectivity index (χ4v) is 2.40. The maximum atomic E-state index is 6.10. The molecule has 0 saturated heterocycles. The van der Waals surface area contributed by atoms with Crippen molar-refractivity contribution in [3.63, 3.8) is 0 Å². The molecule has 0 aliphatic heterocycles. The number of benzene rings is 1. The molecule has 1 aromatic heterocycles. The molecule has 2 rings (SSSR count). The number of aromatic nitrogens is 1. The smallest absolute Gasteiger partial charge is 0.124 e. The maximum Gasteiger partial charge on any atom is 0.124 e. The molecule has 5 heteroatoms. The van der Waals surface area contributed by atoms with Gasteiger partial charge < -0.3 is 10.1 Å². The van der Waals surface area contributed by atoms with Crippen molar-refractivity contribution < 1.29 is 4.74 Å². The Morgan fingerprint density at radius 3 is 2.81 bits per heavy atom. The summed E-state index contributed by atoms with van der Waals surface area (Å²) in [6.45, 7) is 5.43. The summed E-state index contributed by atoms with van der Waals surface area (Å²) in [5.74, 6) is 0.860. The zero-order valence-electron chi connectivity index (χ0n) is 12.1. The molecule has 1 N–H and O–H groups in total. The highest BCUT2D eigenvalue weighted by Gasteiger charge is 2.07. The third-order valence-corrected chi connectivity index (χ3v) is 3.80. The zero-order valence-corrected chi connectivity index (χ0v) is 14.4. The summed E-state index contributed by atoms with van der Waals surface area (Å²) in [6.07, 6.45) is 3.34. The van der Waals surface area contributed by atoms with E-state index in [1.165, 1.54) is 0 Å². The molecule has 0 fully saturated rings. The summed E-state index contributed by atoms with van der Waals surface area (Å²) < 4.78 is 6.96. The summed E-state index contributed by atoms with van der Waals surface area (Å²) >= 11 is 9.59. The molecule has 1 heterocycles. The Morgan fingerprint density at radius 1 is 1.29 bits per heavy atom. The Hall–Kier alpha value is -1.10. The average molecular weight is 370 g/mol. The van der Waals surface area contributed by atoms with E-state index in [2.05, 4.69) is 46.1 Å². The van der Waals surface area contributed by atoms with E-state index in [4.69, 9.17) is 16.3 Å². The van der Waals surface area contributed by atoms with Crippen LogP contribution in [0.15, 0.2) is 41.1 Å². The Balaban J connectivity index is 2.10. The lowest BCUT2D eigenvalue weighted by molar-refractivity contribution is 0.301. The van der Waals surface area contributed by atoms with Crippen LogP contribution in [0.25, 0.3) is 0 Å². The van der Waals surface area contributed by atoms with E-state index in [-0.39, 0.29) is 0 Å². The number of hydrogen-bond acceptors (Lipinski definition) is 3. The van der Waals surface area contributed by atoms with Crippen molar-refractivity contribution in [3.05, 3.63) is 57.3 Å². The Morgan fingerprint density at radius 2 is 2.10 bits per heavy atom. The quantitative estimate of drug-likeness (QED) is 0.809. The fourth-order valence-electron chi connectivity index (χ4n) is 1.82. The lowest BCUT2D eigenvalue weighted by atomic mass is 10.2. The van der Waals surface area contributed by atoms with Gasteiger partial charge >= 0.3 is 0 Å². The molecular formula is C16H18BrClN2O. The van der Waals surface area contributed by atoms with Gasteiger partial charge in [-0.3, -0.25) is 4.98 Å². The van der Waals surface area contributed by atoms with Gasteiger partial charge in [0.25, 0.3) is 0 Å². The van der Waals surface area contributed by atoms with Gasteiger partial charge in [-0.2, -0.15) is 0 Å². The van der Waals surface area contributed by atoms with Crippen molar-refractivity contribution in [2.45, 2.75) is 33.0 Å². The highest BCUT2D eigenvalue weighted by molar-refractivity contribution is 9.10. The number of ether oxygens (including phenoxy) is 1. The number of nitrogens with zero attached hydrogens (tertiary/aromatic N) is 1. The predicted octanol–water partition coefficient (Wildman–Crippen LogP) is 4.57. The molecule has 0 bridgehead atoms. The van der Waals surface area contributed by atoms with E-state index in [1.807, 2.05) is 18.2 Å². The molecule has 3 nitrogen and oxygen atoms in total. The first-order valence-corrected chi connectivity index (χ1v) is 7.96. The molecule has 0 aliphatic carbocycles. The van der Waals surface area contributed by atoms with E-state index in [1.54, 1.807) is 12.4 Å². The molecular weight excluding hydrogens is 352 g/mol. The van der Waals surface area contributed by atoms with E-state index in [9.17, 15) is 0 Å². The lowest BCUT2D eigenvalue weighted by Gasteiger charge is -2.14. The van der Waals surface area contributed by atoms with Crippen molar-refractivity contribution in [1.82, 2.24) is 10.3 Å². The SMILES string of the molecule is CC(C)NCc1cc(Br)ccc1OCc1ccncc1Cl. The first-order valence-electron chi connectivity index (χ1n) is 6.79. The fraction of sp³-hybridized carbons (Fsp3) is 0.312. The highest BCUT2D eigenvalue weighted by Crippen LogP contribution is 2.25. The molecule has 0 aliphatic rings. The van der Waals surface area contributed by atoms with Gasteiger partial charge in [-0.05, 0) is 24.3 Å². The lowest BCUT2D eigenvalue weighted by Crippen LogP contribution is -2.22. The van der Waals surface area contributed by atoms with Gasteiger partial charge in [0, 0.05) is 40.6 Å². The number of rotatable bonds is 6. The van der Waals surface area contributed by atoms with Crippen LogP contribution in [0.4, 0.5) is 0 Å². The van der Waals surface area contributed by atoms with E-state index in [0.29, 0.717) is 17.7 Å². The average Bonchev–Trinajstić information content (AvgIpc) is 2.45. The van der Waals surface area contributed by atoms with Crippen molar-refractivity contribution >= 4 is 27.5 Å². The Bertz CT molecular complexity index is 605. The van der Waals surface area contributed by atoms with Gasteiger partial charge in [-0.1, -0.05) is 41.4 Å². The van der Waals surface area contributed by atoms with Crippen molar-refractivity contribution in [3.8, 4) is 5.75 Å². The van der Waals surface area contributed by atoms with E-state index >= 15 is 0 Å². The Labute approximate surface area is 138 Å². The third kappa shape index (κ3) is 4.99. The standard InChI is InChI=1S/C16H18BrClN2O/c1-11(2)20-8-13-7-14(17)3-4-16(13)21-10-12-5-6-19-9-15(12)18/h3-7,9,11,20H,8,10H2,1-2H3. The predicted molar refractivity (Wildman–Crippen MR) is 89.7 cm³/mol. The second-order valence-electron chi connectivity index (χ2n) is 5.04.